The van der Waals surface area contributed by atoms with Crippen molar-refractivity contribution in [1.29, 1.82) is 0 Å². The predicted molar refractivity (Wildman–Crippen MR) is 71.1 cm³/mol. The lowest BCUT2D eigenvalue weighted by Gasteiger charge is -2.30. The van der Waals surface area contributed by atoms with Crippen LogP contribution >= 0.6 is 0 Å². The Kier molecular flexibility index (Phi) is 5.17. The number of nitrogens with zero attached hydrogens (tertiary/aromatic N) is 2. The molecule has 1 aliphatic heterocycles. The Hall–Kier alpha value is -1.30. The third kappa shape index (κ3) is 5.06. The van der Waals surface area contributed by atoms with Crippen LogP contribution in [0.2, 0.25) is 0 Å². The third-order valence-corrected chi connectivity index (χ3v) is 3.02. The Morgan fingerprint density at radius 3 is 2.53 bits per heavy atom. The molecule has 1 amide bonds. The van der Waals surface area contributed by atoms with Crippen molar-refractivity contribution in [2.24, 2.45) is 0 Å². The Balaban J connectivity index is 2.57. The summed E-state index contributed by atoms with van der Waals surface area (Å²) < 4.78 is 5.37. The number of aliphatic carboxylic acids is 1. The molecule has 1 aliphatic rings. The molecular weight excluding hydrogens is 248 g/mol. The van der Waals surface area contributed by atoms with Crippen LogP contribution in [0.5, 0.6) is 0 Å². The van der Waals surface area contributed by atoms with Gasteiger partial charge < -0.3 is 14.7 Å². The molecule has 1 saturated heterocycles. The minimum absolute atomic E-state index is 0.0301. The summed E-state index contributed by atoms with van der Waals surface area (Å²) in [5, 5.41) is 8.77. The number of ether oxygens (including phenoxy) is 1. The second-order valence-electron chi connectivity index (χ2n) is 5.84. The number of carboxylic acids is 1. The lowest BCUT2D eigenvalue weighted by atomic mass is 10.2. The van der Waals surface area contributed by atoms with Gasteiger partial charge in [-0.15, -0.1) is 0 Å². The first kappa shape index (κ1) is 15.8. The van der Waals surface area contributed by atoms with Gasteiger partial charge in [-0.1, -0.05) is 0 Å². The number of rotatable bonds is 4. The molecule has 1 N–H and O–H groups in total. The molecule has 0 aromatic heterocycles. The Morgan fingerprint density at radius 1 is 1.42 bits per heavy atom. The number of likely N-dealkylation sites (tertiary alicyclic amines) is 1. The fourth-order valence-electron chi connectivity index (χ4n) is 2.26. The van der Waals surface area contributed by atoms with E-state index in [9.17, 15) is 9.59 Å². The fraction of sp³-hybridized carbons (Fsp3) is 0.846. The van der Waals surface area contributed by atoms with Crippen LogP contribution in [0.1, 0.15) is 34.1 Å². The third-order valence-electron chi connectivity index (χ3n) is 3.02. The number of amides is 1. The maximum Gasteiger partial charge on any atom is 0.410 e. The topological polar surface area (TPSA) is 70.1 Å². The highest BCUT2D eigenvalue weighted by Crippen LogP contribution is 2.18. The number of carbonyl (C=O) groups excluding carboxylic acids is 1. The number of likely N-dealkylation sites (N-methyl/N-ethyl adjacent to an activating group) is 1. The van der Waals surface area contributed by atoms with Crippen molar-refractivity contribution in [2.75, 3.05) is 26.2 Å². The van der Waals surface area contributed by atoms with E-state index in [2.05, 4.69) is 0 Å². The lowest BCUT2D eigenvalue weighted by Crippen LogP contribution is -2.44. The minimum Gasteiger partial charge on any atom is -0.480 e. The normalized spacial score (nSPS) is 20.3. The summed E-state index contributed by atoms with van der Waals surface area (Å²) in [5.74, 6) is -0.832. The van der Waals surface area contributed by atoms with Gasteiger partial charge in [-0.3, -0.25) is 9.69 Å². The monoisotopic (exact) mass is 272 g/mol. The molecule has 110 valence electrons. The molecule has 0 saturated carbocycles. The summed E-state index contributed by atoms with van der Waals surface area (Å²) in [5.41, 5.74) is -0.510. The van der Waals surface area contributed by atoms with Crippen molar-refractivity contribution in [3.8, 4) is 0 Å². The summed E-state index contributed by atoms with van der Waals surface area (Å²) in [6.45, 7) is 9.32. The summed E-state index contributed by atoms with van der Waals surface area (Å²) in [7, 11) is 0. The molecule has 0 unspecified atom stereocenters. The molecule has 1 heterocycles. The molecular formula is C13H24N2O4. The Labute approximate surface area is 114 Å². The Morgan fingerprint density at radius 2 is 2.05 bits per heavy atom. The number of hydrogen-bond donors (Lipinski definition) is 1. The molecule has 6 nitrogen and oxygen atoms in total. The molecule has 6 heteroatoms. The van der Waals surface area contributed by atoms with Gasteiger partial charge in [0.2, 0.25) is 0 Å². The molecule has 0 spiro atoms. The van der Waals surface area contributed by atoms with Crippen LogP contribution in [0.3, 0.4) is 0 Å². The highest BCUT2D eigenvalue weighted by Gasteiger charge is 2.32. The van der Waals surface area contributed by atoms with Gasteiger partial charge in [0.05, 0.1) is 6.54 Å². The quantitative estimate of drug-likeness (QED) is 0.837. The molecule has 1 fully saturated rings. The zero-order chi connectivity index (χ0) is 14.6. The smallest absolute Gasteiger partial charge is 0.410 e. The molecule has 0 bridgehead atoms. The van der Waals surface area contributed by atoms with Crippen LogP contribution in [0, 0.1) is 0 Å². The van der Waals surface area contributed by atoms with Gasteiger partial charge in [-0.25, -0.2) is 4.79 Å². The molecule has 1 rings (SSSR count). The van der Waals surface area contributed by atoms with E-state index < -0.39 is 11.6 Å². The number of carboxylic acid groups (broad SMARTS) is 1. The largest absolute Gasteiger partial charge is 0.480 e. The lowest BCUT2D eigenvalue weighted by molar-refractivity contribution is -0.138. The summed E-state index contributed by atoms with van der Waals surface area (Å²) >= 11 is 0. The average Bonchev–Trinajstić information content (AvgIpc) is 2.63. The molecule has 19 heavy (non-hydrogen) atoms. The van der Waals surface area contributed by atoms with E-state index in [4.69, 9.17) is 9.84 Å². The van der Waals surface area contributed by atoms with Gasteiger partial charge in [0.15, 0.2) is 0 Å². The van der Waals surface area contributed by atoms with E-state index in [1.807, 2.05) is 32.6 Å². The Bertz CT molecular complexity index is 338. The van der Waals surface area contributed by atoms with Gasteiger partial charge in [0.1, 0.15) is 5.60 Å². The number of carbonyl (C=O) groups is 2. The SMILES string of the molecule is CCN(C(=O)OC(C)(C)C)[C@@H]1CCN(CC(=O)O)C1. The van der Waals surface area contributed by atoms with Crippen LogP contribution in [0.25, 0.3) is 0 Å². The van der Waals surface area contributed by atoms with Gasteiger partial charge in [-0.2, -0.15) is 0 Å². The van der Waals surface area contributed by atoms with E-state index in [0.717, 1.165) is 6.42 Å². The average molecular weight is 272 g/mol. The molecule has 1 atom stereocenters. The first-order valence-electron chi connectivity index (χ1n) is 6.66. The van der Waals surface area contributed by atoms with Crippen LogP contribution in [-0.2, 0) is 9.53 Å². The summed E-state index contributed by atoms with van der Waals surface area (Å²) in [6, 6.07) is 0.0409. The van der Waals surface area contributed by atoms with Crippen LogP contribution in [-0.4, -0.2) is 64.8 Å². The van der Waals surface area contributed by atoms with Crippen molar-refractivity contribution < 1.29 is 19.4 Å². The van der Waals surface area contributed by atoms with Crippen LogP contribution in [0.15, 0.2) is 0 Å². The zero-order valence-corrected chi connectivity index (χ0v) is 12.2. The van der Waals surface area contributed by atoms with E-state index >= 15 is 0 Å². The molecule has 0 aromatic rings. The summed E-state index contributed by atoms with van der Waals surface area (Å²) in [6.07, 6.45) is 0.470. The van der Waals surface area contributed by atoms with E-state index in [1.165, 1.54) is 0 Å². The number of hydrogen-bond acceptors (Lipinski definition) is 4. The highest BCUT2D eigenvalue weighted by atomic mass is 16.6. The first-order chi connectivity index (χ1) is 8.73. The van der Waals surface area contributed by atoms with Crippen molar-refractivity contribution in [1.82, 2.24) is 9.80 Å². The van der Waals surface area contributed by atoms with E-state index in [0.29, 0.717) is 19.6 Å². The highest BCUT2D eigenvalue weighted by molar-refractivity contribution is 5.69. The molecule has 0 radical (unpaired) electrons. The second-order valence-corrected chi connectivity index (χ2v) is 5.84. The zero-order valence-electron chi connectivity index (χ0n) is 12.2. The fourth-order valence-corrected chi connectivity index (χ4v) is 2.26. The standard InChI is InChI=1S/C13H24N2O4/c1-5-15(12(18)19-13(2,3)4)10-6-7-14(8-10)9-11(16)17/h10H,5-9H2,1-4H3,(H,16,17)/t10-/m1/s1. The van der Waals surface area contributed by atoms with Crippen molar-refractivity contribution in [3.63, 3.8) is 0 Å². The van der Waals surface area contributed by atoms with Gasteiger partial charge in [-0.05, 0) is 34.1 Å². The van der Waals surface area contributed by atoms with Crippen LogP contribution < -0.4 is 0 Å². The van der Waals surface area contributed by atoms with Gasteiger partial charge in [0, 0.05) is 25.7 Å². The molecule has 0 aromatic carbocycles. The van der Waals surface area contributed by atoms with E-state index in [-0.39, 0.29) is 18.7 Å². The minimum atomic E-state index is -0.832. The van der Waals surface area contributed by atoms with Crippen molar-refractivity contribution >= 4 is 12.1 Å². The van der Waals surface area contributed by atoms with Crippen molar-refractivity contribution in [3.05, 3.63) is 0 Å². The molecule has 0 aliphatic carbocycles. The first-order valence-corrected chi connectivity index (χ1v) is 6.66. The van der Waals surface area contributed by atoms with Crippen molar-refractivity contribution in [2.45, 2.75) is 45.8 Å². The predicted octanol–water partition coefficient (Wildman–Crippen LogP) is 1.40. The van der Waals surface area contributed by atoms with Gasteiger partial charge >= 0.3 is 12.1 Å². The maximum absolute atomic E-state index is 12.1. The van der Waals surface area contributed by atoms with Gasteiger partial charge in [0.25, 0.3) is 0 Å². The van der Waals surface area contributed by atoms with E-state index in [1.54, 1.807) is 4.90 Å². The maximum atomic E-state index is 12.1. The van der Waals surface area contributed by atoms with Crippen LogP contribution in [0.4, 0.5) is 4.79 Å². The second kappa shape index (κ2) is 6.23. The summed E-state index contributed by atoms with van der Waals surface area (Å²) in [4.78, 5) is 26.3.